The van der Waals surface area contributed by atoms with Crippen molar-refractivity contribution in [3.8, 4) is 11.5 Å². The maximum absolute atomic E-state index is 12.1. The van der Waals surface area contributed by atoms with Crippen LogP contribution in [0.25, 0.3) is 6.08 Å². The standard InChI is InChI=1S/C18H20N2O3/c1-13(18(21)20-12-15-6-4-5-9-19-15)10-14-7-8-16(22-2)17(11-14)23-3/h4-11H,12H2,1-3H3,(H,20,21)/b13-10+. The van der Waals surface area contributed by atoms with E-state index in [0.29, 0.717) is 23.6 Å². The summed E-state index contributed by atoms with van der Waals surface area (Å²) in [6.07, 6.45) is 3.50. The van der Waals surface area contributed by atoms with Gasteiger partial charge in [-0.3, -0.25) is 9.78 Å². The highest BCUT2D eigenvalue weighted by molar-refractivity contribution is 5.97. The van der Waals surface area contributed by atoms with Gasteiger partial charge in [-0.25, -0.2) is 0 Å². The fourth-order valence-corrected chi connectivity index (χ4v) is 2.07. The fraction of sp³-hybridized carbons (Fsp3) is 0.222. The van der Waals surface area contributed by atoms with Crippen LogP contribution in [-0.2, 0) is 11.3 Å². The third-order valence-electron chi connectivity index (χ3n) is 3.31. The van der Waals surface area contributed by atoms with Gasteiger partial charge in [-0.1, -0.05) is 12.1 Å². The summed E-state index contributed by atoms with van der Waals surface area (Å²) < 4.78 is 10.5. The number of methoxy groups -OCH3 is 2. The number of carbonyl (C=O) groups is 1. The van der Waals surface area contributed by atoms with Gasteiger partial charge in [0.2, 0.25) is 5.91 Å². The van der Waals surface area contributed by atoms with Crippen molar-refractivity contribution < 1.29 is 14.3 Å². The van der Waals surface area contributed by atoms with Gasteiger partial charge in [-0.05, 0) is 42.8 Å². The van der Waals surface area contributed by atoms with Crippen LogP contribution in [0.1, 0.15) is 18.2 Å². The van der Waals surface area contributed by atoms with Crippen LogP contribution in [0.2, 0.25) is 0 Å². The molecule has 0 aliphatic rings. The van der Waals surface area contributed by atoms with Gasteiger partial charge in [-0.15, -0.1) is 0 Å². The largest absolute Gasteiger partial charge is 0.493 e. The number of nitrogens with one attached hydrogen (secondary N) is 1. The number of hydrogen-bond donors (Lipinski definition) is 1. The van der Waals surface area contributed by atoms with Gasteiger partial charge in [0.15, 0.2) is 11.5 Å². The van der Waals surface area contributed by atoms with Gasteiger partial charge in [0.1, 0.15) is 0 Å². The number of hydrogen-bond acceptors (Lipinski definition) is 4. The highest BCUT2D eigenvalue weighted by Gasteiger charge is 2.07. The highest BCUT2D eigenvalue weighted by atomic mass is 16.5. The Morgan fingerprint density at radius 3 is 2.61 bits per heavy atom. The molecule has 0 saturated heterocycles. The van der Waals surface area contributed by atoms with E-state index in [1.807, 2.05) is 36.4 Å². The van der Waals surface area contributed by atoms with Gasteiger partial charge < -0.3 is 14.8 Å². The van der Waals surface area contributed by atoms with E-state index in [1.165, 1.54) is 0 Å². The molecule has 0 radical (unpaired) electrons. The SMILES string of the molecule is COc1ccc(/C=C(\C)C(=O)NCc2ccccn2)cc1OC. The molecule has 0 atom stereocenters. The van der Waals surface area contributed by atoms with Crippen molar-refractivity contribution in [1.29, 1.82) is 0 Å². The lowest BCUT2D eigenvalue weighted by Gasteiger charge is -2.09. The van der Waals surface area contributed by atoms with E-state index in [1.54, 1.807) is 33.4 Å². The molecule has 1 amide bonds. The summed E-state index contributed by atoms with van der Waals surface area (Å²) in [5, 5.41) is 2.84. The Labute approximate surface area is 136 Å². The molecule has 1 aromatic carbocycles. The minimum atomic E-state index is -0.134. The second-order valence-electron chi connectivity index (χ2n) is 4.95. The third-order valence-corrected chi connectivity index (χ3v) is 3.31. The predicted octanol–water partition coefficient (Wildman–Crippen LogP) is 2.82. The van der Waals surface area contributed by atoms with E-state index >= 15 is 0 Å². The Kier molecular flexibility index (Phi) is 5.74. The van der Waals surface area contributed by atoms with Crippen LogP contribution in [0.15, 0.2) is 48.2 Å². The Balaban J connectivity index is 2.05. The third kappa shape index (κ3) is 4.57. The summed E-state index contributed by atoms with van der Waals surface area (Å²) in [6, 6.07) is 11.1. The molecule has 0 bridgehead atoms. The summed E-state index contributed by atoms with van der Waals surface area (Å²) in [5.74, 6) is 1.15. The van der Waals surface area contributed by atoms with Gasteiger partial charge in [0, 0.05) is 11.8 Å². The molecule has 5 nitrogen and oxygen atoms in total. The van der Waals surface area contributed by atoms with Crippen LogP contribution < -0.4 is 14.8 Å². The quantitative estimate of drug-likeness (QED) is 0.833. The summed E-state index contributed by atoms with van der Waals surface area (Å²) in [4.78, 5) is 16.3. The van der Waals surface area contributed by atoms with E-state index < -0.39 is 0 Å². The minimum absolute atomic E-state index is 0.134. The van der Waals surface area contributed by atoms with E-state index in [4.69, 9.17) is 9.47 Å². The monoisotopic (exact) mass is 312 g/mol. The molecule has 1 N–H and O–H groups in total. The molecule has 2 rings (SSSR count). The van der Waals surface area contributed by atoms with E-state index in [0.717, 1.165) is 11.3 Å². The zero-order chi connectivity index (χ0) is 16.7. The number of benzene rings is 1. The second-order valence-corrected chi connectivity index (χ2v) is 4.95. The van der Waals surface area contributed by atoms with E-state index in [2.05, 4.69) is 10.3 Å². The van der Waals surface area contributed by atoms with E-state index in [9.17, 15) is 4.79 Å². The van der Waals surface area contributed by atoms with Gasteiger partial charge in [0.25, 0.3) is 0 Å². The zero-order valence-corrected chi connectivity index (χ0v) is 13.5. The van der Waals surface area contributed by atoms with Crippen molar-refractivity contribution in [3.05, 3.63) is 59.4 Å². The molecular formula is C18H20N2O3. The first kappa shape index (κ1) is 16.5. The number of pyridine rings is 1. The molecule has 0 saturated carbocycles. The maximum Gasteiger partial charge on any atom is 0.247 e. The van der Waals surface area contributed by atoms with Crippen molar-refractivity contribution in [1.82, 2.24) is 10.3 Å². The van der Waals surface area contributed by atoms with Crippen LogP contribution in [0.4, 0.5) is 0 Å². The number of amides is 1. The summed E-state index contributed by atoms with van der Waals surface area (Å²) >= 11 is 0. The molecule has 1 aromatic heterocycles. The van der Waals surface area contributed by atoms with Crippen molar-refractivity contribution in [3.63, 3.8) is 0 Å². The number of carbonyl (C=O) groups excluding carboxylic acids is 1. The summed E-state index contributed by atoms with van der Waals surface area (Å²) in [6.45, 7) is 2.17. The molecular weight excluding hydrogens is 292 g/mol. The van der Waals surface area contributed by atoms with Crippen molar-refractivity contribution in [2.24, 2.45) is 0 Å². The topological polar surface area (TPSA) is 60.5 Å². The lowest BCUT2D eigenvalue weighted by molar-refractivity contribution is -0.117. The number of aromatic nitrogens is 1. The second kappa shape index (κ2) is 7.98. The average Bonchev–Trinajstić information content (AvgIpc) is 2.60. The molecule has 0 fully saturated rings. The summed E-state index contributed by atoms with van der Waals surface area (Å²) in [5.41, 5.74) is 2.29. The number of ether oxygens (including phenoxy) is 2. The van der Waals surface area contributed by atoms with Crippen molar-refractivity contribution in [2.45, 2.75) is 13.5 Å². The minimum Gasteiger partial charge on any atom is -0.493 e. The molecule has 0 unspecified atom stereocenters. The van der Waals surface area contributed by atoms with Gasteiger partial charge >= 0.3 is 0 Å². The average molecular weight is 312 g/mol. The van der Waals surface area contributed by atoms with Crippen LogP contribution >= 0.6 is 0 Å². The fourth-order valence-electron chi connectivity index (χ4n) is 2.07. The van der Waals surface area contributed by atoms with Crippen LogP contribution in [0.5, 0.6) is 11.5 Å². The molecule has 120 valence electrons. The molecule has 0 aliphatic heterocycles. The Hall–Kier alpha value is -2.82. The molecule has 1 heterocycles. The normalized spacial score (nSPS) is 11.0. The highest BCUT2D eigenvalue weighted by Crippen LogP contribution is 2.28. The Morgan fingerprint density at radius 2 is 1.96 bits per heavy atom. The first-order chi connectivity index (χ1) is 11.1. The Bertz CT molecular complexity index is 697. The molecule has 0 spiro atoms. The zero-order valence-electron chi connectivity index (χ0n) is 13.5. The van der Waals surface area contributed by atoms with E-state index in [-0.39, 0.29) is 5.91 Å². The smallest absolute Gasteiger partial charge is 0.247 e. The predicted molar refractivity (Wildman–Crippen MR) is 89.3 cm³/mol. The molecule has 23 heavy (non-hydrogen) atoms. The van der Waals surface area contributed by atoms with Gasteiger partial charge in [-0.2, -0.15) is 0 Å². The number of rotatable bonds is 6. The van der Waals surface area contributed by atoms with Crippen molar-refractivity contribution >= 4 is 12.0 Å². The van der Waals surface area contributed by atoms with Crippen molar-refractivity contribution in [2.75, 3.05) is 14.2 Å². The Morgan fingerprint density at radius 1 is 1.17 bits per heavy atom. The van der Waals surface area contributed by atoms with Crippen LogP contribution in [0, 0.1) is 0 Å². The first-order valence-corrected chi connectivity index (χ1v) is 7.22. The molecule has 2 aromatic rings. The molecule has 0 aliphatic carbocycles. The lowest BCUT2D eigenvalue weighted by atomic mass is 10.1. The first-order valence-electron chi connectivity index (χ1n) is 7.22. The molecule has 5 heteroatoms. The number of nitrogens with zero attached hydrogens (tertiary/aromatic N) is 1. The van der Waals surface area contributed by atoms with Crippen LogP contribution in [-0.4, -0.2) is 25.1 Å². The van der Waals surface area contributed by atoms with Gasteiger partial charge in [0.05, 0.1) is 26.5 Å². The summed E-state index contributed by atoms with van der Waals surface area (Å²) in [7, 11) is 3.17. The van der Waals surface area contributed by atoms with Crippen LogP contribution in [0.3, 0.4) is 0 Å². The lowest BCUT2D eigenvalue weighted by Crippen LogP contribution is -2.23. The maximum atomic E-state index is 12.1.